The molecule has 4 aromatic rings. The summed E-state index contributed by atoms with van der Waals surface area (Å²) in [5, 5.41) is 19.0. The van der Waals surface area contributed by atoms with Gasteiger partial charge in [0.15, 0.2) is 0 Å². The molecule has 0 bridgehead atoms. The lowest BCUT2D eigenvalue weighted by molar-refractivity contribution is 0.0693. The van der Waals surface area contributed by atoms with Crippen LogP contribution in [0.25, 0.3) is 16.8 Å². The molecule has 0 atom stereocenters. The summed E-state index contributed by atoms with van der Waals surface area (Å²) in [4.78, 5) is 11.1. The molecule has 1 heterocycles. The van der Waals surface area contributed by atoms with E-state index in [0.717, 1.165) is 22.4 Å². The van der Waals surface area contributed by atoms with Crippen molar-refractivity contribution in [2.24, 2.45) is 0 Å². The SMILES string of the molecule is Nc1cn(-c2ccc(C(=O)O)c(O)c2)cc1-c1cccc(OCc2ccccc2)c1. The molecule has 150 valence electrons. The van der Waals surface area contributed by atoms with Crippen LogP contribution in [-0.2, 0) is 6.61 Å². The van der Waals surface area contributed by atoms with Crippen LogP contribution in [-0.4, -0.2) is 20.7 Å². The molecule has 0 amide bonds. The number of anilines is 1. The standard InChI is InChI=1S/C24H20N2O4/c25-22-14-26(18-9-10-20(24(28)29)23(27)12-18)13-21(22)17-7-4-8-19(11-17)30-15-16-5-2-1-3-6-16/h1-14,27H,15,25H2,(H,28,29). The lowest BCUT2D eigenvalue weighted by Gasteiger charge is -2.08. The predicted octanol–water partition coefficient (Wildman–Crippen LogP) is 4.71. The first-order valence-corrected chi connectivity index (χ1v) is 9.32. The molecule has 3 aromatic carbocycles. The van der Waals surface area contributed by atoms with E-state index >= 15 is 0 Å². The Balaban J connectivity index is 1.59. The topological polar surface area (TPSA) is 97.7 Å². The number of nitrogens with zero attached hydrogens (tertiary/aromatic N) is 1. The van der Waals surface area contributed by atoms with Crippen molar-refractivity contribution < 1.29 is 19.7 Å². The van der Waals surface area contributed by atoms with Gasteiger partial charge in [0, 0.05) is 29.7 Å². The highest BCUT2D eigenvalue weighted by molar-refractivity contribution is 5.91. The summed E-state index contributed by atoms with van der Waals surface area (Å²) in [5.41, 5.74) is 10.0. The van der Waals surface area contributed by atoms with Crippen LogP contribution in [0, 0.1) is 0 Å². The van der Waals surface area contributed by atoms with Gasteiger partial charge in [-0.2, -0.15) is 0 Å². The van der Waals surface area contributed by atoms with Crippen LogP contribution >= 0.6 is 0 Å². The maximum absolute atomic E-state index is 11.1. The van der Waals surface area contributed by atoms with Gasteiger partial charge >= 0.3 is 5.97 Å². The van der Waals surface area contributed by atoms with Gasteiger partial charge in [-0.05, 0) is 35.4 Å². The maximum atomic E-state index is 11.1. The van der Waals surface area contributed by atoms with Crippen LogP contribution in [0.3, 0.4) is 0 Å². The number of aromatic hydroxyl groups is 1. The molecular formula is C24H20N2O4. The van der Waals surface area contributed by atoms with E-state index in [9.17, 15) is 9.90 Å². The third-order valence-electron chi connectivity index (χ3n) is 4.76. The van der Waals surface area contributed by atoms with Gasteiger partial charge < -0.3 is 25.3 Å². The number of nitrogens with two attached hydrogens (primary N) is 1. The second-order valence-electron chi connectivity index (χ2n) is 6.84. The molecular weight excluding hydrogens is 380 g/mol. The van der Waals surface area contributed by atoms with Gasteiger partial charge in [-0.15, -0.1) is 0 Å². The monoisotopic (exact) mass is 400 g/mol. The zero-order valence-electron chi connectivity index (χ0n) is 16.0. The maximum Gasteiger partial charge on any atom is 0.339 e. The quantitative estimate of drug-likeness (QED) is 0.435. The average Bonchev–Trinajstić information content (AvgIpc) is 3.14. The van der Waals surface area contributed by atoms with E-state index in [1.807, 2.05) is 60.8 Å². The molecule has 0 aliphatic carbocycles. The number of carbonyl (C=O) groups is 1. The molecule has 0 spiro atoms. The smallest absolute Gasteiger partial charge is 0.339 e. The summed E-state index contributed by atoms with van der Waals surface area (Å²) in [6, 6.07) is 22.0. The van der Waals surface area contributed by atoms with Gasteiger partial charge in [0.1, 0.15) is 23.7 Å². The number of carboxylic acid groups (broad SMARTS) is 1. The molecule has 4 N–H and O–H groups in total. The Morgan fingerprint density at radius 2 is 1.77 bits per heavy atom. The van der Waals surface area contributed by atoms with Gasteiger partial charge in [-0.25, -0.2) is 4.79 Å². The Morgan fingerprint density at radius 3 is 2.50 bits per heavy atom. The zero-order chi connectivity index (χ0) is 21.1. The Labute approximate surface area is 173 Å². The molecule has 6 nitrogen and oxygen atoms in total. The van der Waals surface area contributed by atoms with Crippen LogP contribution in [0.5, 0.6) is 11.5 Å². The molecule has 6 heteroatoms. The summed E-state index contributed by atoms with van der Waals surface area (Å²) < 4.78 is 7.64. The van der Waals surface area contributed by atoms with Crippen molar-refractivity contribution in [1.82, 2.24) is 4.57 Å². The van der Waals surface area contributed by atoms with E-state index in [-0.39, 0.29) is 11.3 Å². The lowest BCUT2D eigenvalue weighted by Crippen LogP contribution is -1.98. The number of carboxylic acids is 1. The number of phenols is 1. The minimum absolute atomic E-state index is 0.151. The number of aromatic nitrogens is 1. The summed E-state index contributed by atoms with van der Waals surface area (Å²) in [6.45, 7) is 0.468. The summed E-state index contributed by atoms with van der Waals surface area (Å²) in [5.74, 6) is -0.754. The number of rotatable bonds is 6. The van der Waals surface area contributed by atoms with Crippen LogP contribution in [0.1, 0.15) is 15.9 Å². The van der Waals surface area contributed by atoms with Gasteiger partial charge in [0.05, 0.1) is 5.69 Å². The van der Waals surface area contributed by atoms with Crippen molar-refractivity contribution in [1.29, 1.82) is 0 Å². The van der Waals surface area contributed by atoms with Crippen molar-refractivity contribution in [2.75, 3.05) is 5.73 Å². The molecule has 0 aliphatic heterocycles. The minimum Gasteiger partial charge on any atom is -0.507 e. The largest absolute Gasteiger partial charge is 0.507 e. The fourth-order valence-corrected chi connectivity index (χ4v) is 3.22. The number of aromatic carboxylic acids is 1. The van der Waals surface area contributed by atoms with Gasteiger partial charge in [-0.3, -0.25) is 0 Å². The van der Waals surface area contributed by atoms with E-state index < -0.39 is 5.97 Å². The first-order valence-electron chi connectivity index (χ1n) is 9.32. The van der Waals surface area contributed by atoms with Crippen molar-refractivity contribution in [2.45, 2.75) is 6.61 Å². The lowest BCUT2D eigenvalue weighted by atomic mass is 10.1. The molecule has 0 unspecified atom stereocenters. The highest BCUT2D eigenvalue weighted by atomic mass is 16.5. The number of ether oxygens (including phenoxy) is 1. The van der Waals surface area contributed by atoms with E-state index in [1.54, 1.807) is 16.8 Å². The fraction of sp³-hybridized carbons (Fsp3) is 0.0417. The zero-order valence-corrected chi connectivity index (χ0v) is 16.0. The first-order chi connectivity index (χ1) is 14.5. The van der Waals surface area contributed by atoms with E-state index in [1.165, 1.54) is 12.1 Å². The summed E-state index contributed by atoms with van der Waals surface area (Å²) in [6.07, 6.45) is 3.56. The second kappa shape index (κ2) is 8.05. The van der Waals surface area contributed by atoms with Crippen LogP contribution in [0.15, 0.2) is 85.2 Å². The molecule has 0 radical (unpaired) electrons. The third-order valence-corrected chi connectivity index (χ3v) is 4.76. The van der Waals surface area contributed by atoms with Gasteiger partial charge in [-0.1, -0.05) is 42.5 Å². The third kappa shape index (κ3) is 3.98. The number of nitrogen functional groups attached to an aromatic ring is 1. The van der Waals surface area contributed by atoms with Crippen molar-refractivity contribution in [3.05, 3.63) is 96.3 Å². The van der Waals surface area contributed by atoms with Crippen LogP contribution in [0.2, 0.25) is 0 Å². The van der Waals surface area contributed by atoms with Gasteiger partial charge in [0.2, 0.25) is 0 Å². The number of hydrogen-bond acceptors (Lipinski definition) is 4. The molecule has 4 rings (SSSR count). The predicted molar refractivity (Wildman–Crippen MR) is 115 cm³/mol. The van der Waals surface area contributed by atoms with E-state index in [2.05, 4.69) is 0 Å². The first kappa shape index (κ1) is 19.1. The Bertz CT molecular complexity index is 1200. The molecule has 0 fully saturated rings. The Kier molecular flexibility index (Phi) is 5.13. The summed E-state index contributed by atoms with van der Waals surface area (Å²) in [7, 11) is 0. The molecule has 0 saturated heterocycles. The second-order valence-corrected chi connectivity index (χ2v) is 6.84. The normalized spacial score (nSPS) is 10.7. The average molecular weight is 400 g/mol. The molecule has 1 aromatic heterocycles. The Morgan fingerprint density at radius 1 is 0.967 bits per heavy atom. The number of benzene rings is 3. The van der Waals surface area contributed by atoms with Crippen LogP contribution < -0.4 is 10.5 Å². The molecule has 0 aliphatic rings. The molecule has 30 heavy (non-hydrogen) atoms. The van der Waals surface area contributed by atoms with Crippen LogP contribution in [0.4, 0.5) is 5.69 Å². The highest BCUT2D eigenvalue weighted by Crippen LogP contribution is 2.32. The van der Waals surface area contributed by atoms with E-state index in [4.69, 9.17) is 15.6 Å². The highest BCUT2D eigenvalue weighted by Gasteiger charge is 2.13. The molecule has 0 saturated carbocycles. The minimum atomic E-state index is -1.18. The van der Waals surface area contributed by atoms with Crippen molar-refractivity contribution in [3.63, 3.8) is 0 Å². The number of hydrogen-bond donors (Lipinski definition) is 3. The van der Waals surface area contributed by atoms with Crippen molar-refractivity contribution >= 4 is 11.7 Å². The summed E-state index contributed by atoms with van der Waals surface area (Å²) >= 11 is 0. The van der Waals surface area contributed by atoms with Crippen molar-refractivity contribution in [3.8, 4) is 28.3 Å². The van der Waals surface area contributed by atoms with Gasteiger partial charge in [0.25, 0.3) is 0 Å². The fourth-order valence-electron chi connectivity index (χ4n) is 3.22. The van der Waals surface area contributed by atoms with E-state index in [0.29, 0.717) is 18.0 Å². The Hall–Kier alpha value is -4.19.